The van der Waals surface area contributed by atoms with Crippen LogP contribution in [0.5, 0.6) is 0 Å². The molecule has 2 fully saturated rings. The standard InChI is InChI=1S/C14H22N4O/c1-11-13(10-15-16-11)14(19)18-8-6-17(7-9-18)12-4-2-3-5-12/h10,12H,2-9H2,1H3,(H,15,16). The van der Waals surface area contributed by atoms with Crippen LogP contribution in [0, 0.1) is 6.92 Å². The van der Waals surface area contributed by atoms with Crippen molar-refractivity contribution >= 4 is 5.91 Å². The maximum atomic E-state index is 12.4. The summed E-state index contributed by atoms with van der Waals surface area (Å²) in [5, 5.41) is 6.77. The van der Waals surface area contributed by atoms with Gasteiger partial charge in [0.15, 0.2) is 0 Å². The molecule has 1 aliphatic carbocycles. The topological polar surface area (TPSA) is 52.2 Å². The summed E-state index contributed by atoms with van der Waals surface area (Å²) >= 11 is 0. The predicted molar refractivity (Wildman–Crippen MR) is 73.1 cm³/mol. The van der Waals surface area contributed by atoms with Crippen molar-refractivity contribution in [3.05, 3.63) is 17.5 Å². The smallest absolute Gasteiger partial charge is 0.257 e. The number of hydrogen-bond donors (Lipinski definition) is 1. The van der Waals surface area contributed by atoms with Gasteiger partial charge in [-0.05, 0) is 19.8 Å². The Balaban J connectivity index is 1.58. The van der Waals surface area contributed by atoms with Gasteiger partial charge in [-0.3, -0.25) is 14.8 Å². The summed E-state index contributed by atoms with van der Waals surface area (Å²) < 4.78 is 0. The first-order valence-electron chi connectivity index (χ1n) is 7.29. The highest BCUT2D eigenvalue weighted by Crippen LogP contribution is 2.24. The van der Waals surface area contributed by atoms with Crippen LogP contribution in [0.25, 0.3) is 0 Å². The summed E-state index contributed by atoms with van der Waals surface area (Å²) in [6.45, 7) is 5.63. The van der Waals surface area contributed by atoms with Crippen LogP contribution in [-0.2, 0) is 0 Å². The van der Waals surface area contributed by atoms with E-state index in [9.17, 15) is 4.79 Å². The molecule has 1 saturated carbocycles. The summed E-state index contributed by atoms with van der Waals surface area (Å²) in [7, 11) is 0. The van der Waals surface area contributed by atoms with E-state index < -0.39 is 0 Å². The molecular formula is C14H22N4O. The minimum absolute atomic E-state index is 0.123. The summed E-state index contributed by atoms with van der Waals surface area (Å²) in [6.07, 6.45) is 7.07. The molecule has 3 rings (SSSR count). The number of carbonyl (C=O) groups excluding carboxylic acids is 1. The molecule has 19 heavy (non-hydrogen) atoms. The number of aromatic nitrogens is 2. The normalized spacial score (nSPS) is 22.1. The number of rotatable bonds is 2. The Morgan fingerprint density at radius 2 is 1.95 bits per heavy atom. The van der Waals surface area contributed by atoms with Crippen LogP contribution in [0.2, 0.25) is 0 Å². The van der Waals surface area contributed by atoms with Crippen molar-refractivity contribution < 1.29 is 4.79 Å². The van der Waals surface area contributed by atoms with E-state index in [1.54, 1.807) is 6.20 Å². The average Bonchev–Trinajstić information content (AvgIpc) is 3.09. The molecule has 104 valence electrons. The second-order valence-corrected chi connectivity index (χ2v) is 5.68. The van der Waals surface area contributed by atoms with Gasteiger partial charge in [0.2, 0.25) is 0 Å². The Labute approximate surface area is 114 Å². The molecule has 2 aliphatic rings. The third kappa shape index (κ3) is 2.52. The maximum Gasteiger partial charge on any atom is 0.257 e. The summed E-state index contributed by atoms with van der Waals surface area (Å²) in [4.78, 5) is 16.9. The Morgan fingerprint density at radius 3 is 2.53 bits per heavy atom. The highest BCUT2D eigenvalue weighted by Gasteiger charge is 2.28. The van der Waals surface area contributed by atoms with Crippen LogP contribution in [0.1, 0.15) is 41.7 Å². The molecule has 5 nitrogen and oxygen atoms in total. The van der Waals surface area contributed by atoms with E-state index in [2.05, 4.69) is 15.1 Å². The fourth-order valence-electron chi connectivity index (χ4n) is 3.30. The largest absolute Gasteiger partial charge is 0.336 e. The SMILES string of the molecule is Cc1[nH]ncc1C(=O)N1CCN(C2CCCC2)CC1. The zero-order chi connectivity index (χ0) is 13.2. The summed E-state index contributed by atoms with van der Waals surface area (Å²) in [6, 6.07) is 0.771. The van der Waals surface area contributed by atoms with Gasteiger partial charge in [0.1, 0.15) is 0 Å². The van der Waals surface area contributed by atoms with Gasteiger partial charge in [0.25, 0.3) is 5.91 Å². The van der Waals surface area contributed by atoms with Crippen LogP contribution in [0.15, 0.2) is 6.20 Å². The molecule has 1 aliphatic heterocycles. The molecule has 1 N–H and O–H groups in total. The van der Waals surface area contributed by atoms with Crippen molar-refractivity contribution in [2.24, 2.45) is 0 Å². The number of amides is 1. The minimum Gasteiger partial charge on any atom is -0.336 e. The number of aryl methyl sites for hydroxylation is 1. The lowest BCUT2D eigenvalue weighted by molar-refractivity contribution is 0.0573. The Morgan fingerprint density at radius 1 is 1.26 bits per heavy atom. The van der Waals surface area contributed by atoms with E-state index in [0.717, 1.165) is 37.9 Å². The quantitative estimate of drug-likeness (QED) is 0.877. The third-order valence-electron chi connectivity index (χ3n) is 4.50. The van der Waals surface area contributed by atoms with Crippen molar-refractivity contribution in [2.75, 3.05) is 26.2 Å². The molecule has 1 amide bonds. The number of nitrogens with zero attached hydrogens (tertiary/aromatic N) is 3. The third-order valence-corrected chi connectivity index (χ3v) is 4.50. The second kappa shape index (κ2) is 5.33. The van der Waals surface area contributed by atoms with Gasteiger partial charge in [0.05, 0.1) is 11.8 Å². The van der Waals surface area contributed by atoms with Crippen LogP contribution in [-0.4, -0.2) is 58.1 Å². The van der Waals surface area contributed by atoms with Crippen molar-refractivity contribution in [3.63, 3.8) is 0 Å². The van der Waals surface area contributed by atoms with Gasteiger partial charge in [-0.15, -0.1) is 0 Å². The molecule has 0 spiro atoms. The number of piperazine rings is 1. The molecule has 0 atom stereocenters. The van der Waals surface area contributed by atoms with Crippen LogP contribution in [0.4, 0.5) is 0 Å². The second-order valence-electron chi connectivity index (χ2n) is 5.68. The highest BCUT2D eigenvalue weighted by molar-refractivity contribution is 5.95. The van der Waals surface area contributed by atoms with Gasteiger partial charge >= 0.3 is 0 Å². The molecular weight excluding hydrogens is 240 g/mol. The summed E-state index contributed by atoms with van der Waals surface area (Å²) in [5.74, 6) is 0.123. The van der Waals surface area contributed by atoms with E-state index >= 15 is 0 Å². The lowest BCUT2D eigenvalue weighted by Crippen LogP contribution is -2.51. The first-order chi connectivity index (χ1) is 9.25. The monoisotopic (exact) mass is 262 g/mol. The Bertz CT molecular complexity index is 442. The number of hydrogen-bond acceptors (Lipinski definition) is 3. The molecule has 1 saturated heterocycles. The lowest BCUT2D eigenvalue weighted by atomic mass is 10.1. The van der Waals surface area contributed by atoms with Crippen molar-refractivity contribution in [1.82, 2.24) is 20.0 Å². The fraction of sp³-hybridized carbons (Fsp3) is 0.714. The van der Waals surface area contributed by atoms with E-state index in [4.69, 9.17) is 0 Å². The van der Waals surface area contributed by atoms with Crippen LogP contribution < -0.4 is 0 Å². The minimum atomic E-state index is 0.123. The summed E-state index contributed by atoms with van der Waals surface area (Å²) in [5.41, 5.74) is 1.58. The van der Waals surface area contributed by atoms with Crippen LogP contribution in [0.3, 0.4) is 0 Å². The van der Waals surface area contributed by atoms with Gasteiger partial charge < -0.3 is 4.90 Å². The number of nitrogens with one attached hydrogen (secondary N) is 1. The molecule has 0 bridgehead atoms. The molecule has 0 aromatic carbocycles. The zero-order valence-corrected chi connectivity index (χ0v) is 11.6. The Hall–Kier alpha value is -1.36. The molecule has 0 unspecified atom stereocenters. The molecule has 2 heterocycles. The molecule has 1 aromatic heterocycles. The van der Waals surface area contributed by atoms with Gasteiger partial charge in [0, 0.05) is 37.9 Å². The maximum absolute atomic E-state index is 12.4. The predicted octanol–water partition coefficient (Wildman–Crippen LogP) is 1.42. The molecule has 5 heteroatoms. The van der Waals surface area contributed by atoms with Crippen molar-refractivity contribution in [1.29, 1.82) is 0 Å². The van der Waals surface area contributed by atoms with E-state index in [-0.39, 0.29) is 5.91 Å². The van der Waals surface area contributed by atoms with Crippen molar-refractivity contribution in [2.45, 2.75) is 38.6 Å². The number of aromatic amines is 1. The Kier molecular flexibility index (Phi) is 3.55. The van der Waals surface area contributed by atoms with E-state index in [1.165, 1.54) is 25.7 Å². The van der Waals surface area contributed by atoms with Crippen molar-refractivity contribution in [3.8, 4) is 0 Å². The van der Waals surface area contributed by atoms with Gasteiger partial charge in [-0.25, -0.2) is 0 Å². The van der Waals surface area contributed by atoms with Crippen LogP contribution >= 0.6 is 0 Å². The lowest BCUT2D eigenvalue weighted by Gasteiger charge is -2.38. The number of H-pyrrole nitrogens is 1. The highest BCUT2D eigenvalue weighted by atomic mass is 16.2. The van der Waals surface area contributed by atoms with E-state index in [0.29, 0.717) is 5.56 Å². The molecule has 1 aromatic rings. The first-order valence-corrected chi connectivity index (χ1v) is 7.29. The van der Waals surface area contributed by atoms with Gasteiger partial charge in [-0.2, -0.15) is 5.10 Å². The first kappa shape index (κ1) is 12.7. The number of carbonyl (C=O) groups is 1. The average molecular weight is 262 g/mol. The molecule has 0 radical (unpaired) electrons. The fourth-order valence-corrected chi connectivity index (χ4v) is 3.30. The zero-order valence-electron chi connectivity index (χ0n) is 11.6. The van der Waals surface area contributed by atoms with E-state index in [1.807, 2.05) is 11.8 Å². The van der Waals surface area contributed by atoms with Gasteiger partial charge in [-0.1, -0.05) is 12.8 Å².